The van der Waals surface area contributed by atoms with Crippen LogP contribution in [-0.4, -0.2) is 48.4 Å². The van der Waals surface area contributed by atoms with Crippen molar-refractivity contribution in [2.24, 2.45) is 0 Å². The van der Waals surface area contributed by atoms with E-state index in [1.165, 1.54) is 15.5 Å². The van der Waals surface area contributed by atoms with Gasteiger partial charge in [-0.2, -0.15) is 0 Å². The minimum atomic E-state index is -2.99. The van der Waals surface area contributed by atoms with Crippen molar-refractivity contribution in [1.82, 2.24) is 9.47 Å². The van der Waals surface area contributed by atoms with Crippen molar-refractivity contribution in [3.8, 4) is 0 Å². The average molecular weight is 374 g/mol. The summed E-state index contributed by atoms with van der Waals surface area (Å²) in [5.41, 5.74) is 0.751. The van der Waals surface area contributed by atoms with Crippen LogP contribution in [0, 0.1) is 0 Å². The van der Waals surface area contributed by atoms with E-state index in [2.05, 4.69) is 0 Å². The number of rotatable bonds is 4. The van der Waals surface area contributed by atoms with Gasteiger partial charge in [0.15, 0.2) is 0 Å². The summed E-state index contributed by atoms with van der Waals surface area (Å²) < 4.78 is 24.7. The number of hydrogen-bond acceptors (Lipinski definition) is 4. The van der Waals surface area contributed by atoms with E-state index in [0.717, 1.165) is 5.56 Å². The monoisotopic (exact) mass is 374 g/mol. The zero-order chi connectivity index (χ0) is 18.7. The Bertz CT molecular complexity index is 937. The summed E-state index contributed by atoms with van der Waals surface area (Å²) in [4.78, 5) is 27.0. The van der Waals surface area contributed by atoms with E-state index in [0.29, 0.717) is 19.4 Å². The lowest BCUT2D eigenvalue weighted by Crippen LogP contribution is -2.44. The second kappa shape index (κ2) is 7.45. The predicted octanol–water partition coefficient (Wildman–Crippen LogP) is 1.55. The van der Waals surface area contributed by atoms with Crippen LogP contribution in [0.15, 0.2) is 53.5 Å². The maximum Gasteiger partial charge on any atom is 0.263 e. The largest absolute Gasteiger partial charge is 0.338 e. The third-order valence-corrected chi connectivity index (χ3v) is 6.55. The molecule has 1 aliphatic heterocycles. The number of benzene rings is 1. The summed E-state index contributed by atoms with van der Waals surface area (Å²) in [7, 11) is -1.35. The maximum atomic E-state index is 12.8. The second-order valence-electron chi connectivity index (χ2n) is 6.64. The van der Waals surface area contributed by atoms with Gasteiger partial charge in [0.05, 0.1) is 18.1 Å². The van der Waals surface area contributed by atoms with E-state index in [1.54, 1.807) is 19.3 Å². The van der Waals surface area contributed by atoms with Crippen molar-refractivity contribution in [3.05, 3.63) is 70.1 Å². The van der Waals surface area contributed by atoms with Crippen molar-refractivity contribution in [3.63, 3.8) is 0 Å². The molecule has 0 saturated carbocycles. The van der Waals surface area contributed by atoms with Crippen molar-refractivity contribution in [2.45, 2.75) is 25.4 Å². The van der Waals surface area contributed by atoms with Crippen molar-refractivity contribution < 1.29 is 13.2 Å². The first-order valence-corrected chi connectivity index (χ1v) is 10.4. The molecule has 7 heteroatoms. The zero-order valence-electron chi connectivity index (χ0n) is 14.7. The molecule has 0 unspecified atom stereocenters. The minimum Gasteiger partial charge on any atom is -0.338 e. The molecule has 138 valence electrons. The molecule has 1 amide bonds. The molecular formula is C19H22N2O4S. The fourth-order valence-electron chi connectivity index (χ4n) is 3.22. The number of pyridine rings is 1. The number of sulfone groups is 1. The highest BCUT2D eigenvalue weighted by Gasteiger charge is 2.29. The fourth-order valence-corrected chi connectivity index (χ4v) is 4.69. The highest BCUT2D eigenvalue weighted by molar-refractivity contribution is 7.91. The Morgan fingerprint density at radius 1 is 1.12 bits per heavy atom. The molecule has 0 atom stereocenters. The molecule has 26 heavy (non-hydrogen) atoms. The molecule has 1 saturated heterocycles. The predicted molar refractivity (Wildman–Crippen MR) is 100 cm³/mol. The quantitative estimate of drug-likeness (QED) is 0.814. The van der Waals surface area contributed by atoms with Gasteiger partial charge in [0.1, 0.15) is 15.4 Å². The van der Waals surface area contributed by atoms with Crippen LogP contribution in [0.4, 0.5) is 0 Å². The Kier molecular flexibility index (Phi) is 5.27. The van der Waals surface area contributed by atoms with E-state index >= 15 is 0 Å². The standard InChI is InChI=1S/C19H22N2O4S/c1-20(16-9-12-26(24,25)13-10-16)18(22)17-8-5-11-21(19(17)23)14-15-6-3-2-4-7-15/h2-8,11,16H,9-10,12-14H2,1H3. The molecule has 1 aromatic carbocycles. The maximum absolute atomic E-state index is 12.8. The zero-order valence-corrected chi connectivity index (χ0v) is 15.5. The van der Waals surface area contributed by atoms with Gasteiger partial charge in [0.2, 0.25) is 0 Å². The second-order valence-corrected chi connectivity index (χ2v) is 8.94. The van der Waals surface area contributed by atoms with Gasteiger partial charge in [-0.3, -0.25) is 9.59 Å². The van der Waals surface area contributed by atoms with Crippen LogP contribution in [0.3, 0.4) is 0 Å². The minimum absolute atomic E-state index is 0.0856. The smallest absolute Gasteiger partial charge is 0.263 e. The van der Waals surface area contributed by atoms with Crippen molar-refractivity contribution >= 4 is 15.7 Å². The summed E-state index contributed by atoms with van der Waals surface area (Å²) in [5, 5.41) is 0. The van der Waals surface area contributed by atoms with Crippen molar-refractivity contribution in [2.75, 3.05) is 18.6 Å². The molecule has 1 fully saturated rings. The first-order chi connectivity index (χ1) is 12.4. The summed E-state index contributed by atoms with van der Waals surface area (Å²) >= 11 is 0. The Morgan fingerprint density at radius 3 is 2.42 bits per heavy atom. The molecule has 3 rings (SSSR count). The molecular weight excluding hydrogens is 352 g/mol. The Hall–Kier alpha value is -2.41. The molecule has 0 N–H and O–H groups in total. The van der Waals surface area contributed by atoms with E-state index in [9.17, 15) is 18.0 Å². The SMILES string of the molecule is CN(C(=O)c1cccn(Cc2ccccc2)c1=O)C1CCS(=O)(=O)CC1. The van der Waals surface area contributed by atoms with Crippen LogP contribution < -0.4 is 5.56 Å². The van der Waals surface area contributed by atoms with Crippen molar-refractivity contribution in [1.29, 1.82) is 0 Å². The van der Waals surface area contributed by atoms with Gasteiger partial charge in [-0.1, -0.05) is 30.3 Å². The van der Waals surface area contributed by atoms with Crippen LogP contribution in [-0.2, 0) is 16.4 Å². The van der Waals surface area contributed by atoms with Gasteiger partial charge >= 0.3 is 0 Å². The highest BCUT2D eigenvalue weighted by Crippen LogP contribution is 2.18. The van der Waals surface area contributed by atoms with E-state index in [4.69, 9.17) is 0 Å². The lowest BCUT2D eigenvalue weighted by Gasteiger charge is -2.31. The summed E-state index contributed by atoms with van der Waals surface area (Å²) in [6.07, 6.45) is 2.49. The summed E-state index contributed by atoms with van der Waals surface area (Å²) in [6, 6.07) is 12.6. The Labute approximate surface area is 153 Å². The first-order valence-electron chi connectivity index (χ1n) is 8.58. The summed E-state index contributed by atoms with van der Waals surface area (Å²) in [5.74, 6) is -0.188. The molecule has 1 aliphatic rings. The third kappa shape index (κ3) is 4.04. The number of hydrogen-bond donors (Lipinski definition) is 0. The van der Waals surface area contributed by atoms with Gasteiger partial charge < -0.3 is 9.47 Å². The molecule has 1 aromatic heterocycles. The molecule has 2 aromatic rings. The number of aromatic nitrogens is 1. The van der Waals surface area contributed by atoms with Gasteiger partial charge in [-0.25, -0.2) is 8.42 Å². The number of carbonyl (C=O) groups excluding carboxylic acids is 1. The molecule has 2 heterocycles. The van der Waals surface area contributed by atoms with Gasteiger partial charge in [-0.05, 0) is 30.5 Å². The van der Waals surface area contributed by atoms with Gasteiger partial charge in [-0.15, -0.1) is 0 Å². The van der Waals surface area contributed by atoms with Crippen LogP contribution >= 0.6 is 0 Å². The van der Waals surface area contributed by atoms with Crippen LogP contribution in [0.2, 0.25) is 0 Å². The fraction of sp³-hybridized carbons (Fsp3) is 0.368. The lowest BCUT2D eigenvalue weighted by atomic mass is 10.1. The van der Waals surface area contributed by atoms with Crippen LogP contribution in [0.1, 0.15) is 28.8 Å². The Balaban J connectivity index is 1.79. The highest BCUT2D eigenvalue weighted by atomic mass is 32.2. The summed E-state index contributed by atoms with van der Waals surface area (Å²) in [6.45, 7) is 0.395. The third-order valence-electron chi connectivity index (χ3n) is 4.84. The van der Waals surface area contributed by atoms with Crippen LogP contribution in [0.25, 0.3) is 0 Å². The van der Waals surface area contributed by atoms with Crippen LogP contribution in [0.5, 0.6) is 0 Å². The molecule has 0 aliphatic carbocycles. The molecule has 0 spiro atoms. The van der Waals surface area contributed by atoms with Gasteiger partial charge in [0.25, 0.3) is 11.5 Å². The van der Waals surface area contributed by atoms with Gasteiger partial charge in [0, 0.05) is 19.3 Å². The number of nitrogens with zero attached hydrogens (tertiary/aromatic N) is 2. The first kappa shape index (κ1) is 18.4. The molecule has 0 bridgehead atoms. The average Bonchev–Trinajstić information content (AvgIpc) is 2.63. The lowest BCUT2D eigenvalue weighted by molar-refractivity contribution is 0.0719. The molecule has 0 radical (unpaired) electrons. The topological polar surface area (TPSA) is 76.5 Å². The Morgan fingerprint density at radius 2 is 1.77 bits per heavy atom. The normalized spacial score (nSPS) is 17.0. The van der Waals surface area contributed by atoms with E-state index < -0.39 is 9.84 Å². The van der Waals surface area contributed by atoms with E-state index in [1.807, 2.05) is 30.3 Å². The number of carbonyl (C=O) groups is 1. The molecule has 6 nitrogen and oxygen atoms in total. The number of amides is 1. The van der Waals surface area contributed by atoms with E-state index in [-0.39, 0.29) is 34.6 Å².